The molecule has 2 aliphatic rings. The number of nitrogens with zero attached hydrogens (tertiary/aromatic N) is 3. The number of rotatable bonds is 4. The summed E-state index contributed by atoms with van der Waals surface area (Å²) in [5.41, 5.74) is 7.65. The van der Waals surface area contributed by atoms with E-state index in [2.05, 4.69) is 39.9 Å². The van der Waals surface area contributed by atoms with Crippen molar-refractivity contribution in [2.45, 2.75) is 25.9 Å². The zero-order valence-electron chi connectivity index (χ0n) is 18.3. The zero-order valence-corrected chi connectivity index (χ0v) is 19.9. The smallest absolute Gasteiger partial charge is 0.270 e. The Morgan fingerprint density at radius 3 is 2.59 bits per heavy atom. The molecule has 1 saturated heterocycles. The fourth-order valence-electron chi connectivity index (χ4n) is 4.87. The molecule has 2 aromatic carbocycles. The van der Waals surface area contributed by atoms with Crippen molar-refractivity contribution in [3.63, 3.8) is 0 Å². The third-order valence-corrected chi connectivity index (χ3v) is 7.74. The van der Waals surface area contributed by atoms with Crippen molar-refractivity contribution in [1.29, 1.82) is 0 Å². The molecule has 4 aromatic rings. The number of thioether (sulfide) groups is 1. The number of hydrogen-bond donors (Lipinski definition) is 1. The molecule has 3 heterocycles. The fraction of sp³-hybridized carbons (Fsp3) is 0.148. The number of benzene rings is 2. The molecule has 168 valence electrons. The van der Waals surface area contributed by atoms with Crippen LogP contribution in [0.4, 0.5) is 5.69 Å². The van der Waals surface area contributed by atoms with Gasteiger partial charge in [0.05, 0.1) is 22.7 Å². The highest BCUT2D eigenvalue weighted by molar-refractivity contribution is 8.27. The van der Waals surface area contributed by atoms with Gasteiger partial charge < -0.3 is 9.67 Å². The first-order chi connectivity index (χ1) is 16.6. The minimum Gasteiger partial charge on any atom is -0.392 e. The Morgan fingerprint density at radius 2 is 1.82 bits per heavy atom. The standard InChI is InChI=1S/C27H21N3O2S2/c31-16-17-4-7-19(8-5-17)29-23-3-1-2-21(23)22-14-18(6-9-24(22)29)15-25-26(32)30(27(33)34-25)20-10-12-28-13-11-20/h4-15,31H,1-3,16H2/b25-15+. The van der Waals surface area contributed by atoms with E-state index in [1.165, 1.54) is 33.9 Å². The average molecular weight is 484 g/mol. The van der Waals surface area contributed by atoms with Crippen LogP contribution in [-0.2, 0) is 24.2 Å². The Kier molecular flexibility index (Phi) is 5.32. The van der Waals surface area contributed by atoms with Gasteiger partial charge in [-0.15, -0.1) is 0 Å². The van der Waals surface area contributed by atoms with Crippen LogP contribution in [-0.4, -0.2) is 24.9 Å². The van der Waals surface area contributed by atoms with Crippen LogP contribution in [0.15, 0.2) is 71.9 Å². The molecule has 1 N–H and O–H groups in total. The number of fused-ring (bicyclic) bond motifs is 3. The lowest BCUT2D eigenvalue weighted by Crippen LogP contribution is -2.27. The van der Waals surface area contributed by atoms with Gasteiger partial charge in [0.1, 0.15) is 0 Å². The van der Waals surface area contributed by atoms with E-state index in [1.807, 2.05) is 18.2 Å². The van der Waals surface area contributed by atoms with Crippen molar-refractivity contribution in [3.05, 3.63) is 94.3 Å². The SMILES string of the molecule is O=C1/C(=C\c2ccc3c(c2)c2c(n3-c3ccc(CO)cc3)CCC2)SC(=S)N1c1ccncc1. The maximum absolute atomic E-state index is 13.1. The number of amides is 1. The molecule has 1 amide bonds. The van der Waals surface area contributed by atoms with Crippen molar-refractivity contribution in [3.8, 4) is 5.69 Å². The van der Waals surface area contributed by atoms with Crippen molar-refractivity contribution in [1.82, 2.24) is 9.55 Å². The summed E-state index contributed by atoms with van der Waals surface area (Å²) < 4.78 is 2.87. The second-order valence-electron chi connectivity index (χ2n) is 8.44. The summed E-state index contributed by atoms with van der Waals surface area (Å²) in [5.74, 6) is -0.104. The number of pyridine rings is 1. The molecule has 5 nitrogen and oxygen atoms in total. The lowest BCUT2D eigenvalue weighted by Gasteiger charge is -2.13. The van der Waals surface area contributed by atoms with Gasteiger partial charge in [0.15, 0.2) is 4.32 Å². The van der Waals surface area contributed by atoms with Gasteiger partial charge in [-0.1, -0.05) is 42.2 Å². The van der Waals surface area contributed by atoms with Crippen molar-refractivity contribution >= 4 is 56.9 Å². The highest BCUT2D eigenvalue weighted by Crippen LogP contribution is 2.38. The van der Waals surface area contributed by atoms with Crippen molar-refractivity contribution in [2.75, 3.05) is 4.90 Å². The van der Waals surface area contributed by atoms with E-state index >= 15 is 0 Å². The number of aliphatic hydroxyl groups is 1. The molecule has 1 aliphatic heterocycles. The number of thiocarbonyl (C=S) groups is 1. The second-order valence-corrected chi connectivity index (χ2v) is 10.1. The van der Waals surface area contributed by atoms with E-state index in [9.17, 15) is 9.90 Å². The summed E-state index contributed by atoms with van der Waals surface area (Å²) in [7, 11) is 0. The summed E-state index contributed by atoms with van der Waals surface area (Å²) >= 11 is 6.83. The van der Waals surface area contributed by atoms with Crippen LogP contribution >= 0.6 is 24.0 Å². The summed E-state index contributed by atoms with van der Waals surface area (Å²) in [6.45, 7) is 0.0433. The third kappa shape index (κ3) is 3.48. The molecule has 34 heavy (non-hydrogen) atoms. The molecule has 0 spiro atoms. The number of carbonyl (C=O) groups excluding carboxylic acids is 1. The Bertz CT molecular complexity index is 1470. The Labute approximate surface area is 206 Å². The molecule has 0 atom stereocenters. The molecular weight excluding hydrogens is 462 g/mol. The van der Waals surface area contributed by atoms with Gasteiger partial charge in [0, 0.05) is 29.2 Å². The lowest BCUT2D eigenvalue weighted by atomic mass is 10.1. The molecular formula is C27H21N3O2S2. The Balaban J connectivity index is 1.40. The van der Waals surface area contributed by atoms with E-state index < -0.39 is 0 Å². The third-order valence-electron chi connectivity index (χ3n) is 6.43. The first-order valence-corrected chi connectivity index (χ1v) is 12.4. The maximum Gasteiger partial charge on any atom is 0.270 e. The van der Waals surface area contributed by atoms with Gasteiger partial charge in [0.2, 0.25) is 0 Å². The van der Waals surface area contributed by atoms with Crippen LogP contribution in [0.25, 0.3) is 22.7 Å². The lowest BCUT2D eigenvalue weighted by molar-refractivity contribution is -0.113. The predicted molar refractivity (Wildman–Crippen MR) is 141 cm³/mol. The van der Waals surface area contributed by atoms with E-state index in [0.717, 1.165) is 41.8 Å². The molecule has 6 rings (SSSR count). The van der Waals surface area contributed by atoms with Crippen LogP contribution in [0.1, 0.15) is 28.8 Å². The Morgan fingerprint density at radius 1 is 1.03 bits per heavy atom. The summed E-state index contributed by atoms with van der Waals surface area (Å²) in [6, 6.07) is 18.1. The molecule has 1 aliphatic carbocycles. The van der Waals surface area contributed by atoms with E-state index in [4.69, 9.17) is 12.2 Å². The van der Waals surface area contributed by atoms with Crippen LogP contribution < -0.4 is 4.90 Å². The predicted octanol–water partition coefficient (Wildman–Crippen LogP) is 5.41. The number of aryl methyl sites for hydroxylation is 1. The van der Waals surface area contributed by atoms with Crippen molar-refractivity contribution in [2.24, 2.45) is 0 Å². The van der Waals surface area contributed by atoms with E-state index in [1.54, 1.807) is 29.4 Å². The van der Waals surface area contributed by atoms with Gasteiger partial charge >= 0.3 is 0 Å². The van der Waals surface area contributed by atoms with Crippen LogP contribution in [0.2, 0.25) is 0 Å². The molecule has 0 saturated carbocycles. The quantitative estimate of drug-likeness (QED) is 0.311. The first kappa shape index (κ1) is 21.3. The van der Waals surface area contributed by atoms with Crippen LogP contribution in [0.5, 0.6) is 0 Å². The van der Waals surface area contributed by atoms with E-state index in [0.29, 0.717) is 9.23 Å². The van der Waals surface area contributed by atoms with Gasteiger partial charge in [-0.2, -0.15) is 0 Å². The highest BCUT2D eigenvalue weighted by atomic mass is 32.2. The molecule has 7 heteroatoms. The largest absolute Gasteiger partial charge is 0.392 e. The minimum atomic E-state index is -0.104. The zero-order chi connectivity index (χ0) is 23.2. The fourth-order valence-corrected chi connectivity index (χ4v) is 6.17. The van der Waals surface area contributed by atoms with E-state index in [-0.39, 0.29) is 12.5 Å². The first-order valence-electron chi connectivity index (χ1n) is 11.2. The number of carbonyl (C=O) groups is 1. The Hall–Kier alpha value is -3.26. The molecule has 0 bridgehead atoms. The van der Waals surface area contributed by atoms with Crippen LogP contribution in [0.3, 0.4) is 0 Å². The van der Waals surface area contributed by atoms with Gasteiger partial charge in [0.25, 0.3) is 5.91 Å². The monoisotopic (exact) mass is 483 g/mol. The van der Waals surface area contributed by atoms with Gasteiger partial charge in [-0.25, -0.2) is 0 Å². The maximum atomic E-state index is 13.1. The average Bonchev–Trinajstić information content (AvgIpc) is 3.53. The highest BCUT2D eigenvalue weighted by Gasteiger charge is 2.33. The summed E-state index contributed by atoms with van der Waals surface area (Å²) in [5, 5.41) is 10.6. The normalized spacial score (nSPS) is 16.7. The molecule has 0 unspecified atom stereocenters. The summed E-state index contributed by atoms with van der Waals surface area (Å²) in [6.07, 6.45) is 8.51. The number of anilines is 1. The minimum absolute atomic E-state index is 0.0433. The van der Waals surface area contributed by atoms with Crippen LogP contribution in [0, 0.1) is 0 Å². The van der Waals surface area contributed by atoms with Gasteiger partial charge in [-0.3, -0.25) is 14.7 Å². The second kappa shape index (κ2) is 8.51. The molecule has 0 radical (unpaired) electrons. The topological polar surface area (TPSA) is 58.4 Å². The summed E-state index contributed by atoms with van der Waals surface area (Å²) in [4.78, 5) is 19.3. The molecule has 1 fully saturated rings. The number of aromatic nitrogens is 2. The number of aliphatic hydroxyl groups excluding tert-OH is 1. The van der Waals surface area contributed by atoms with Gasteiger partial charge in [-0.05, 0) is 78.4 Å². The number of hydrogen-bond acceptors (Lipinski definition) is 5. The van der Waals surface area contributed by atoms with Crippen molar-refractivity contribution < 1.29 is 9.90 Å². The molecule has 2 aromatic heterocycles.